The van der Waals surface area contributed by atoms with Gasteiger partial charge in [0.2, 0.25) is 10.0 Å². The molecule has 1 aliphatic rings. The molecule has 0 amide bonds. The number of aromatic nitrogens is 1. The number of esters is 1. The maximum Gasteiger partial charge on any atom is 0.338 e. The third-order valence-corrected chi connectivity index (χ3v) is 8.17. The van der Waals surface area contributed by atoms with Gasteiger partial charge in [-0.15, -0.1) is 11.3 Å². The van der Waals surface area contributed by atoms with Crippen LogP contribution in [0.15, 0.2) is 52.7 Å². The minimum Gasteiger partial charge on any atom is -0.497 e. The molecule has 1 fully saturated rings. The van der Waals surface area contributed by atoms with E-state index in [0.29, 0.717) is 24.5 Å². The van der Waals surface area contributed by atoms with Gasteiger partial charge in [-0.25, -0.2) is 22.6 Å². The summed E-state index contributed by atoms with van der Waals surface area (Å²) in [7, 11) is -2.43. The fourth-order valence-electron chi connectivity index (χ4n) is 3.56. The number of carbonyl (C=O) groups is 1. The fourth-order valence-corrected chi connectivity index (χ4v) is 5.97. The average Bonchev–Trinajstić information content (AvgIpc) is 3.32. The minimum absolute atomic E-state index is 0.0322. The summed E-state index contributed by atoms with van der Waals surface area (Å²) >= 11 is 1.40. The number of hydrogen-bond donors (Lipinski definition) is 0. The van der Waals surface area contributed by atoms with Gasteiger partial charge in [0.05, 0.1) is 18.4 Å². The van der Waals surface area contributed by atoms with Crippen molar-refractivity contribution in [3.63, 3.8) is 0 Å². The van der Waals surface area contributed by atoms with Gasteiger partial charge in [-0.3, -0.25) is 0 Å². The predicted octanol–water partition coefficient (Wildman–Crippen LogP) is 4.49. The Morgan fingerprint density at radius 2 is 1.94 bits per heavy atom. The van der Waals surface area contributed by atoms with Crippen LogP contribution in [0.3, 0.4) is 0 Å². The Morgan fingerprint density at radius 1 is 1.15 bits per heavy atom. The molecule has 0 unspecified atom stereocenters. The highest BCUT2D eigenvalue weighted by atomic mass is 32.2. The van der Waals surface area contributed by atoms with Crippen molar-refractivity contribution in [2.45, 2.75) is 30.8 Å². The van der Waals surface area contributed by atoms with E-state index in [-0.39, 0.29) is 12.2 Å². The number of methoxy groups -OCH3 is 1. The zero-order chi connectivity index (χ0) is 23.4. The summed E-state index contributed by atoms with van der Waals surface area (Å²) in [6.07, 6.45) is 2.40. The second kappa shape index (κ2) is 9.98. The van der Waals surface area contributed by atoms with Crippen molar-refractivity contribution in [3.8, 4) is 16.3 Å². The Kier molecular flexibility index (Phi) is 7.06. The molecule has 1 aliphatic heterocycles. The number of piperidine rings is 1. The monoisotopic (exact) mass is 490 g/mol. The summed E-state index contributed by atoms with van der Waals surface area (Å²) in [5.74, 6) is -0.928. The summed E-state index contributed by atoms with van der Waals surface area (Å²) in [4.78, 5) is 16.5. The lowest BCUT2D eigenvalue weighted by atomic mass is 10.2. The van der Waals surface area contributed by atoms with Crippen molar-refractivity contribution in [3.05, 3.63) is 64.9 Å². The maximum absolute atomic E-state index is 14.4. The molecule has 174 valence electrons. The first-order chi connectivity index (χ1) is 15.9. The Morgan fingerprint density at radius 3 is 2.70 bits per heavy atom. The highest BCUT2D eigenvalue weighted by Gasteiger charge is 2.29. The lowest BCUT2D eigenvalue weighted by Crippen LogP contribution is -2.36. The Labute approximate surface area is 195 Å². The zero-order valence-electron chi connectivity index (χ0n) is 18.0. The number of benzene rings is 2. The number of hydrogen-bond acceptors (Lipinski definition) is 7. The largest absolute Gasteiger partial charge is 0.497 e. The van der Waals surface area contributed by atoms with Gasteiger partial charge in [0.1, 0.15) is 28.1 Å². The number of halogens is 1. The van der Waals surface area contributed by atoms with Gasteiger partial charge >= 0.3 is 5.97 Å². The molecule has 4 rings (SSSR count). The van der Waals surface area contributed by atoms with E-state index < -0.39 is 26.7 Å². The van der Waals surface area contributed by atoms with Crippen molar-refractivity contribution in [2.24, 2.45) is 0 Å². The van der Waals surface area contributed by atoms with E-state index in [1.165, 1.54) is 21.7 Å². The van der Waals surface area contributed by atoms with Crippen LogP contribution < -0.4 is 4.74 Å². The van der Waals surface area contributed by atoms with Crippen molar-refractivity contribution in [1.82, 2.24) is 9.29 Å². The van der Waals surface area contributed by atoms with Crippen molar-refractivity contribution in [1.29, 1.82) is 0 Å². The summed E-state index contributed by atoms with van der Waals surface area (Å²) in [6.45, 7) is 0.594. The van der Waals surface area contributed by atoms with E-state index in [9.17, 15) is 17.6 Å². The molecule has 33 heavy (non-hydrogen) atoms. The quantitative estimate of drug-likeness (QED) is 0.454. The molecule has 0 spiro atoms. The molecule has 0 atom stereocenters. The summed E-state index contributed by atoms with van der Waals surface area (Å²) in [6, 6.07) is 10.7. The fraction of sp³-hybridized carbons (Fsp3) is 0.304. The standard InChI is InChI=1S/C23H23FN2O5S2/c1-30-19-7-5-6-16(12-19)22-25-18(15-32-22)14-31-23(27)17-8-9-20(24)21(13-17)33(28,29)26-10-3-2-4-11-26/h5-9,12-13,15H,2-4,10-11,14H2,1H3. The smallest absolute Gasteiger partial charge is 0.338 e. The van der Waals surface area contributed by atoms with E-state index in [2.05, 4.69) is 4.98 Å². The number of carbonyl (C=O) groups excluding carboxylic acids is 1. The van der Waals surface area contributed by atoms with Crippen LogP contribution in [-0.4, -0.2) is 43.9 Å². The molecule has 0 saturated carbocycles. The molecule has 10 heteroatoms. The second-order valence-corrected chi connectivity index (χ2v) is 10.3. The first-order valence-corrected chi connectivity index (χ1v) is 12.8. The molecule has 0 bridgehead atoms. The van der Waals surface area contributed by atoms with Gasteiger partial charge in [0, 0.05) is 24.0 Å². The van der Waals surface area contributed by atoms with Crippen LogP contribution in [0.2, 0.25) is 0 Å². The van der Waals surface area contributed by atoms with Crippen LogP contribution in [0.5, 0.6) is 5.75 Å². The van der Waals surface area contributed by atoms with Gasteiger partial charge in [-0.2, -0.15) is 4.31 Å². The topological polar surface area (TPSA) is 85.8 Å². The molecule has 2 heterocycles. The average molecular weight is 491 g/mol. The number of nitrogens with zero attached hydrogens (tertiary/aromatic N) is 2. The van der Waals surface area contributed by atoms with Gasteiger partial charge in [0.15, 0.2) is 0 Å². The van der Waals surface area contributed by atoms with Crippen LogP contribution in [0, 0.1) is 5.82 Å². The molecule has 3 aromatic rings. The number of thiazole rings is 1. The lowest BCUT2D eigenvalue weighted by molar-refractivity contribution is 0.0468. The normalized spacial score (nSPS) is 14.7. The molecule has 1 saturated heterocycles. The van der Waals surface area contributed by atoms with E-state index in [1.807, 2.05) is 24.3 Å². The molecule has 2 aromatic carbocycles. The first kappa shape index (κ1) is 23.3. The van der Waals surface area contributed by atoms with Gasteiger partial charge in [0.25, 0.3) is 0 Å². The molecule has 0 aliphatic carbocycles. The molecule has 7 nitrogen and oxygen atoms in total. The van der Waals surface area contributed by atoms with Crippen LogP contribution in [0.1, 0.15) is 35.3 Å². The highest BCUT2D eigenvalue weighted by Crippen LogP contribution is 2.28. The van der Waals surface area contributed by atoms with E-state index in [4.69, 9.17) is 9.47 Å². The molecular formula is C23H23FN2O5S2. The van der Waals surface area contributed by atoms with Crippen LogP contribution in [0.4, 0.5) is 4.39 Å². The third-order valence-electron chi connectivity index (χ3n) is 5.32. The highest BCUT2D eigenvalue weighted by molar-refractivity contribution is 7.89. The van der Waals surface area contributed by atoms with Crippen molar-refractivity contribution in [2.75, 3.05) is 20.2 Å². The lowest BCUT2D eigenvalue weighted by Gasteiger charge is -2.26. The van der Waals surface area contributed by atoms with Crippen LogP contribution in [-0.2, 0) is 21.4 Å². The van der Waals surface area contributed by atoms with Crippen molar-refractivity contribution < 1.29 is 27.1 Å². The predicted molar refractivity (Wildman–Crippen MR) is 122 cm³/mol. The number of ether oxygens (including phenoxy) is 2. The summed E-state index contributed by atoms with van der Waals surface area (Å²) in [5.41, 5.74) is 1.40. The maximum atomic E-state index is 14.4. The third kappa shape index (κ3) is 5.23. The molecule has 0 N–H and O–H groups in total. The second-order valence-electron chi connectivity index (χ2n) is 7.56. The molecular weight excluding hydrogens is 467 g/mol. The zero-order valence-corrected chi connectivity index (χ0v) is 19.6. The van der Waals surface area contributed by atoms with E-state index >= 15 is 0 Å². The Bertz CT molecular complexity index is 1250. The summed E-state index contributed by atoms with van der Waals surface area (Å²) in [5, 5.41) is 2.52. The van der Waals surface area contributed by atoms with Crippen molar-refractivity contribution >= 4 is 27.3 Å². The van der Waals surface area contributed by atoms with Gasteiger partial charge in [-0.1, -0.05) is 18.6 Å². The Hall–Kier alpha value is -2.82. The summed E-state index contributed by atoms with van der Waals surface area (Å²) < 4.78 is 51.9. The Balaban J connectivity index is 1.46. The van der Waals surface area contributed by atoms with E-state index in [1.54, 1.807) is 12.5 Å². The first-order valence-electron chi connectivity index (χ1n) is 10.4. The minimum atomic E-state index is -4.02. The number of rotatable bonds is 7. The van der Waals surface area contributed by atoms with Gasteiger partial charge in [-0.05, 0) is 43.2 Å². The number of sulfonamides is 1. The van der Waals surface area contributed by atoms with Crippen LogP contribution in [0.25, 0.3) is 10.6 Å². The van der Waals surface area contributed by atoms with Crippen LogP contribution >= 0.6 is 11.3 Å². The SMILES string of the molecule is COc1cccc(-c2nc(COC(=O)c3ccc(F)c(S(=O)(=O)N4CCCCC4)c3)cs2)c1. The molecule has 0 radical (unpaired) electrons. The van der Waals surface area contributed by atoms with E-state index in [0.717, 1.165) is 42.0 Å². The molecule has 1 aromatic heterocycles. The van der Waals surface area contributed by atoms with Gasteiger partial charge < -0.3 is 9.47 Å².